The summed E-state index contributed by atoms with van der Waals surface area (Å²) in [5.74, 6) is 0.943. The molecule has 4 rings (SSSR count). The lowest BCUT2D eigenvalue weighted by molar-refractivity contribution is 0.108. The molecule has 0 amide bonds. The number of piperidine rings is 1. The van der Waals surface area contributed by atoms with Gasteiger partial charge < -0.3 is 9.64 Å². The van der Waals surface area contributed by atoms with Gasteiger partial charge in [-0.15, -0.1) is 0 Å². The topological polar surface area (TPSA) is 19.0 Å². The smallest absolute Gasteiger partial charge is 0.120 e. The van der Waals surface area contributed by atoms with Gasteiger partial charge in [0.05, 0.1) is 0 Å². The van der Waals surface area contributed by atoms with Gasteiger partial charge in [0.25, 0.3) is 0 Å². The summed E-state index contributed by atoms with van der Waals surface area (Å²) in [6.07, 6.45) is 4.78. The van der Waals surface area contributed by atoms with Crippen molar-refractivity contribution in [1.82, 2.24) is 9.80 Å². The molecule has 0 saturated carbocycles. The molecule has 0 spiro atoms. The molecule has 0 aromatic heterocycles. The van der Waals surface area contributed by atoms with Crippen LogP contribution in [0.2, 0.25) is 0 Å². The second-order valence-corrected chi connectivity index (χ2v) is 10.7. The molecule has 1 heterocycles. The number of hydrogen-bond donors (Lipinski definition) is 0. The van der Waals surface area contributed by atoms with Crippen LogP contribution in [0.25, 0.3) is 0 Å². The van der Waals surface area contributed by atoms with Crippen LogP contribution in [0.4, 0.5) is 5.69 Å². The molecule has 0 bridgehead atoms. The molecule has 3 aromatic rings. The fourth-order valence-corrected chi connectivity index (χ4v) is 4.95. The molecule has 4 heteroatoms. The van der Waals surface area contributed by atoms with Gasteiger partial charge in [-0.05, 0) is 80.7 Å². The Morgan fingerprint density at radius 2 is 1.57 bits per heavy atom. The van der Waals surface area contributed by atoms with Gasteiger partial charge in [-0.1, -0.05) is 66.2 Å². The van der Waals surface area contributed by atoms with E-state index in [1.165, 1.54) is 40.8 Å². The van der Waals surface area contributed by atoms with E-state index >= 15 is 0 Å². The molecule has 0 atom stereocenters. The number of likely N-dealkylation sites (tertiary alicyclic amines) is 1. The van der Waals surface area contributed by atoms with Gasteiger partial charge in [0, 0.05) is 45.5 Å². The Kier molecular flexibility index (Phi) is 9.81. The first-order chi connectivity index (χ1) is 18.0. The minimum absolute atomic E-state index is 0.594. The molecule has 196 valence electrons. The normalized spacial score (nSPS) is 14.5. The van der Waals surface area contributed by atoms with E-state index in [0.29, 0.717) is 12.6 Å². The minimum Gasteiger partial charge on any atom is -0.489 e. The molecule has 4 nitrogen and oxygen atoms in total. The lowest BCUT2D eigenvalue weighted by atomic mass is 10.0. The number of nitrogens with zero attached hydrogens (tertiary/aromatic N) is 3. The number of ether oxygens (including phenoxy) is 1. The van der Waals surface area contributed by atoms with Crippen LogP contribution in [0.5, 0.6) is 5.75 Å². The Morgan fingerprint density at radius 1 is 0.865 bits per heavy atom. The summed E-state index contributed by atoms with van der Waals surface area (Å²) < 4.78 is 6.11. The van der Waals surface area contributed by atoms with Crippen LogP contribution in [0, 0.1) is 0 Å². The summed E-state index contributed by atoms with van der Waals surface area (Å²) in [6.45, 7) is 10.3. The predicted octanol–water partition coefficient (Wildman–Crippen LogP) is 6.76. The van der Waals surface area contributed by atoms with Crippen molar-refractivity contribution in [2.45, 2.75) is 52.4 Å². The van der Waals surface area contributed by atoms with Gasteiger partial charge in [-0.3, -0.25) is 9.80 Å². The summed E-state index contributed by atoms with van der Waals surface area (Å²) in [7, 11) is 4.18. The quantitative estimate of drug-likeness (QED) is 0.272. The van der Waals surface area contributed by atoms with E-state index in [9.17, 15) is 0 Å². The van der Waals surface area contributed by atoms with Crippen molar-refractivity contribution in [3.8, 4) is 5.75 Å². The maximum atomic E-state index is 6.11. The second kappa shape index (κ2) is 13.5. The van der Waals surface area contributed by atoms with Crippen LogP contribution < -0.4 is 9.64 Å². The highest BCUT2D eigenvalue weighted by Gasteiger charge is 2.24. The lowest BCUT2D eigenvalue weighted by Crippen LogP contribution is -2.44. The first-order valence-corrected chi connectivity index (χ1v) is 13.6. The van der Waals surface area contributed by atoms with E-state index < -0.39 is 0 Å². The third-order valence-corrected chi connectivity index (χ3v) is 7.20. The van der Waals surface area contributed by atoms with Crippen LogP contribution in [-0.4, -0.2) is 49.6 Å². The Hall–Kier alpha value is -3.08. The van der Waals surface area contributed by atoms with Crippen molar-refractivity contribution in [2.75, 3.05) is 38.6 Å². The summed E-state index contributed by atoms with van der Waals surface area (Å²) >= 11 is 0. The highest BCUT2D eigenvalue weighted by atomic mass is 16.5. The largest absolute Gasteiger partial charge is 0.489 e. The number of benzene rings is 3. The third-order valence-electron chi connectivity index (χ3n) is 7.20. The summed E-state index contributed by atoms with van der Waals surface area (Å²) in [5.41, 5.74) is 6.54. The molecular weight excluding hydrogens is 454 g/mol. The summed E-state index contributed by atoms with van der Waals surface area (Å²) in [6, 6.07) is 28.6. The Bertz CT molecular complexity index is 1110. The predicted molar refractivity (Wildman–Crippen MR) is 156 cm³/mol. The second-order valence-electron chi connectivity index (χ2n) is 10.7. The molecular formula is C33H43N3O. The van der Waals surface area contributed by atoms with Crippen molar-refractivity contribution in [1.29, 1.82) is 0 Å². The van der Waals surface area contributed by atoms with Gasteiger partial charge in [0.15, 0.2) is 0 Å². The van der Waals surface area contributed by atoms with E-state index in [2.05, 4.69) is 122 Å². The number of anilines is 1. The molecule has 0 radical (unpaired) electrons. The highest BCUT2D eigenvalue weighted by molar-refractivity contribution is 5.46. The highest BCUT2D eigenvalue weighted by Crippen LogP contribution is 2.23. The number of allylic oxidation sites excluding steroid dienone is 1. The first-order valence-electron chi connectivity index (χ1n) is 13.6. The molecule has 0 N–H and O–H groups in total. The average molecular weight is 498 g/mol. The van der Waals surface area contributed by atoms with Crippen LogP contribution in [0.1, 0.15) is 43.4 Å². The van der Waals surface area contributed by atoms with Crippen molar-refractivity contribution < 1.29 is 4.74 Å². The van der Waals surface area contributed by atoms with Crippen molar-refractivity contribution >= 4 is 5.69 Å². The molecule has 37 heavy (non-hydrogen) atoms. The van der Waals surface area contributed by atoms with Crippen LogP contribution >= 0.6 is 0 Å². The number of hydrogen-bond acceptors (Lipinski definition) is 4. The third kappa shape index (κ3) is 8.48. The maximum Gasteiger partial charge on any atom is 0.120 e. The monoisotopic (exact) mass is 497 g/mol. The van der Waals surface area contributed by atoms with E-state index in [0.717, 1.165) is 38.5 Å². The van der Waals surface area contributed by atoms with E-state index in [4.69, 9.17) is 4.74 Å². The van der Waals surface area contributed by atoms with Gasteiger partial charge in [-0.25, -0.2) is 0 Å². The average Bonchev–Trinajstić information content (AvgIpc) is 2.91. The zero-order valence-electron chi connectivity index (χ0n) is 23.1. The van der Waals surface area contributed by atoms with Gasteiger partial charge >= 0.3 is 0 Å². The van der Waals surface area contributed by atoms with E-state index in [-0.39, 0.29) is 0 Å². The molecule has 0 aliphatic carbocycles. The lowest BCUT2D eigenvalue weighted by Gasteiger charge is -2.38. The van der Waals surface area contributed by atoms with Gasteiger partial charge in [0.2, 0.25) is 0 Å². The molecule has 3 aromatic carbocycles. The summed E-state index contributed by atoms with van der Waals surface area (Å²) in [4.78, 5) is 7.42. The first kappa shape index (κ1) is 27.0. The van der Waals surface area contributed by atoms with E-state index in [1.54, 1.807) is 0 Å². The zero-order chi connectivity index (χ0) is 26.0. The van der Waals surface area contributed by atoms with Gasteiger partial charge in [-0.2, -0.15) is 0 Å². The van der Waals surface area contributed by atoms with Crippen molar-refractivity contribution in [2.24, 2.45) is 0 Å². The molecule has 1 fully saturated rings. The Balaban J connectivity index is 1.34. The van der Waals surface area contributed by atoms with Crippen LogP contribution in [0.3, 0.4) is 0 Å². The SMILES string of the molecule is CC(C)=CCN(Cc1cccc(OCc2ccccc2)c1)C1CCN(Cc2ccc(N(C)C)cc2)CC1. The fraction of sp³-hybridized carbons (Fsp3) is 0.394. The maximum absolute atomic E-state index is 6.11. The molecule has 0 unspecified atom stereocenters. The number of rotatable bonds is 11. The van der Waals surface area contributed by atoms with Crippen molar-refractivity contribution in [3.63, 3.8) is 0 Å². The Labute approximate surface area is 224 Å². The van der Waals surface area contributed by atoms with E-state index in [1.807, 2.05) is 6.07 Å². The summed E-state index contributed by atoms with van der Waals surface area (Å²) in [5, 5.41) is 0. The molecule has 1 saturated heterocycles. The standard InChI is InChI=1S/C33H43N3O/c1-27(2)17-22-36(25-30-11-8-12-33(23-30)37-26-29-9-6-5-7-10-29)32-18-20-35(21-19-32)24-28-13-15-31(16-14-28)34(3)4/h5-17,23,32H,18-22,24-26H2,1-4H3. The molecule has 1 aliphatic heterocycles. The van der Waals surface area contributed by atoms with Gasteiger partial charge in [0.1, 0.15) is 12.4 Å². The van der Waals surface area contributed by atoms with Crippen LogP contribution in [-0.2, 0) is 19.7 Å². The zero-order valence-corrected chi connectivity index (χ0v) is 23.1. The fourth-order valence-electron chi connectivity index (χ4n) is 4.95. The Morgan fingerprint density at radius 3 is 2.24 bits per heavy atom. The molecule has 1 aliphatic rings. The van der Waals surface area contributed by atoms with Crippen molar-refractivity contribution in [3.05, 3.63) is 107 Å². The minimum atomic E-state index is 0.594. The van der Waals surface area contributed by atoms with Crippen LogP contribution in [0.15, 0.2) is 90.5 Å².